The second-order valence-electron chi connectivity index (χ2n) is 5.60. The van der Waals surface area contributed by atoms with Crippen molar-refractivity contribution in [2.24, 2.45) is 12.0 Å². The third-order valence-electron chi connectivity index (χ3n) is 3.96. The molecule has 140 valence electrons. The van der Waals surface area contributed by atoms with E-state index in [1.165, 1.54) is 4.90 Å². The molecule has 3 N–H and O–H groups in total. The Morgan fingerprint density at radius 2 is 2.04 bits per heavy atom. The molecule has 1 saturated heterocycles. The number of halogens is 1. The maximum absolute atomic E-state index is 11.5. The van der Waals surface area contributed by atoms with Gasteiger partial charge in [0.2, 0.25) is 5.91 Å². The highest BCUT2D eigenvalue weighted by Gasteiger charge is 2.27. The van der Waals surface area contributed by atoms with E-state index in [9.17, 15) is 9.59 Å². The average molecular weight is 463 g/mol. The predicted octanol–water partition coefficient (Wildman–Crippen LogP) is 0.262. The molecule has 2 rings (SSSR count). The lowest BCUT2D eigenvalue weighted by Crippen LogP contribution is -2.43. The minimum Gasteiger partial charge on any atom is -0.357 e. The van der Waals surface area contributed by atoms with Crippen LogP contribution in [0.25, 0.3) is 0 Å². The first-order valence-electron chi connectivity index (χ1n) is 8.03. The van der Waals surface area contributed by atoms with Crippen molar-refractivity contribution in [2.75, 3.05) is 26.2 Å². The summed E-state index contributed by atoms with van der Waals surface area (Å²) in [5.41, 5.74) is 3.16. The fourth-order valence-electron chi connectivity index (χ4n) is 2.51. The van der Waals surface area contributed by atoms with Crippen molar-refractivity contribution < 1.29 is 9.59 Å². The number of imide groups is 1. The van der Waals surface area contributed by atoms with Gasteiger partial charge in [-0.3, -0.25) is 14.4 Å². The summed E-state index contributed by atoms with van der Waals surface area (Å²) < 4.78 is 1.85. The third-order valence-corrected chi connectivity index (χ3v) is 3.96. The van der Waals surface area contributed by atoms with Gasteiger partial charge in [0.15, 0.2) is 5.96 Å². The Morgan fingerprint density at radius 3 is 2.56 bits per heavy atom. The quantitative estimate of drug-likeness (QED) is 0.243. The van der Waals surface area contributed by atoms with Crippen LogP contribution in [0.5, 0.6) is 0 Å². The van der Waals surface area contributed by atoms with E-state index < -0.39 is 0 Å². The minimum absolute atomic E-state index is 0. The lowest BCUT2D eigenvalue weighted by molar-refractivity contribution is -0.124. The van der Waals surface area contributed by atoms with Gasteiger partial charge in [-0.25, -0.2) is 9.79 Å². The smallest absolute Gasteiger partial charge is 0.324 e. The van der Waals surface area contributed by atoms with Crippen LogP contribution >= 0.6 is 24.0 Å². The molecule has 10 heteroatoms. The SMILES string of the molecule is CCNC(=NCc1c(C)nn(C)c1C)NCCN1C(=O)CNC1=O.I. The van der Waals surface area contributed by atoms with E-state index in [0.29, 0.717) is 25.6 Å². The maximum Gasteiger partial charge on any atom is 0.324 e. The van der Waals surface area contributed by atoms with E-state index in [1.807, 2.05) is 32.5 Å². The number of aryl methyl sites for hydroxylation is 2. The number of urea groups is 1. The summed E-state index contributed by atoms with van der Waals surface area (Å²) in [6.45, 7) is 8.03. The van der Waals surface area contributed by atoms with Gasteiger partial charge in [0.05, 0.1) is 18.8 Å². The van der Waals surface area contributed by atoms with Gasteiger partial charge < -0.3 is 16.0 Å². The van der Waals surface area contributed by atoms with E-state index in [4.69, 9.17) is 0 Å². The van der Waals surface area contributed by atoms with Crippen molar-refractivity contribution in [3.8, 4) is 0 Å². The first-order valence-corrected chi connectivity index (χ1v) is 8.03. The Balaban J connectivity index is 0.00000312. The first-order chi connectivity index (χ1) is 11.4. The summed E-state index contributed by atoms with van der Waals surface area (Å²) in [7, 11) is 1.91. The van der Waals surface area contributed by atoms with Gasteiger partial charge in [-0.15, -0.1) is 24.0 Å². The van der Waals surface area contributed by atoms with Crippen LogP contribution in [0.2, 0.25) is 0 Å². The highest BCUT2D eigenvalue weighted by molar-refractivity contribution is 14.0. The molecule has 25 heavy (non-hydrogen) atoms. The zero-order chi connectivity index (χ0) is 17.7. The molecule has 1 aromatic rings. The molecular weight excluding hydrogens is 437 g/mol. The van der Waals surface area contributed by atoms with Gasteiger partial charge in [0.1, 0.15) is 0 Å². The van der Waals surface area contributed by atoms with Crippen LogP contribution < -0.4 is 16.0 Å². The number of carbonyl (C=O) groups excluding carboxylic acids is 2. The van der Waals surface area contributed by atoms with Crippen LogP contribution in [0.3, 0.4) is 0 Å². The number of nitrogens with zero attached hydrogens (tertiary/aromatic N) is 4. The van der Waals surface area contributed by atoms with E-state index >= 15 is 0 Å². The third kappa shape index (κ3) is 5.31. The Hall–Kier alpha value is -1.85. The summed E-state index contributed by atoms with van der Waals surface area (Å²) in [4.78, 5) is 28.8. The fraction of sp³-hybridized carbons (Fsp3) is 0.600. The molecule has 2 heterocycles. The molecule has 0 unspecified atom stereocenters. The Bertz CT molecular complexity index is 641. The van der Waals surface area contributed by atoms with Gasteiger partial charge in [0.25, 0.3) is 0 Å². The number of guanidine groups is 1. The molecule has 1 aliphatic rings. The average Bonchev–Trinajstić information content (AvgIpc) is 2.98. The molecule has 0 bridgehead atoms. The van der Waals surface area contributed by atoms with Crippen molar-refractivity contribution >= 4 is 41.9 Å². The number of aromatic nitrogens is 2. The fourth-order valence-corrected chi connectivity index (χ4v) is 2.51. The number of hydrogen-bond acceptors (Lipinski definition) is 4. The highest BCUT2D eigenvalue weighted by atomic mass is 127. The molecule has 0 aliphatic carbocycles. The van der Waals surface area contributed by atoms with Crippen molar-refractivity contribution in [3.63, 3.8) is 0 Å². The Morgan fingerprint density at radius 1 is 1.32 bits per heavy atom. The monoisotopic (exact) mass is 463 g/mol. The largest absolute Gasteiger partial charge is 0.357 e. The molecule has 0 aromatic carbocycles. The van der Waals surface area contributed by atoms with Crippen molar-refractivity contribution in [1.82, 2.24) is 30.6 Å². The first kappa shape index (κ1) is 21.2. The van der Waals surface area contributed by atoms with Crippen LogP contribution in [0, 0.1) is 13.8 Å². The normalized spacial score (nSPS) is 14.4. The number of aliphatic imine (C=N–C) groups is 1. The summed E-state index contributed by atoms with van der Waals surface area (Å²) in [5.74, 6) is 0.442. The molecule has 0 saturated carbocycles. The summed E-state index contributed by atoms with van der Waals surface area (Å²) in [6, 6.07) is -0.342. The van der Waals surface area contributed by atoms with E-state index in [0.717, 1.165) is 23.5 Å². The molecule has 0 spiro atoms. The summed E-state index contributed by atoms with van der Waals surface area (Å²) in [6.07, 6.45) is 0. The molecule has 1 fully saturated rings. The standard InChI is InChI=1S/C15H25N7O2.HI/c1-5-16-14(17-6-7-22-13(23)9-19-15(22)24)18-8-12-10(2)20-21(4)11(12)3;/h5-9H2,1-4H3,(H,19,24)(H2,16,17,18);1H. The second-order valence-corrected chi connectivity index (χ2v) is 5.60. The molecule has 0 atom stereocenters. The lowest BCUT2D eigenvalue weighted by atomic mass is 10.2. The maximum atomic E-state index is 11.5. The zero-order valence-corrected chi connectivity index (χ0v) is 17.4. The second kappa shape index (κ2) is 9.59. The minimum atomic E-state index is -0.342. The van der Waals surface area contributed by atoms with Crippen molar-refractivity contribution in [2.45, 2.75) is 27.3 Å². The van der Waals surface area contributed by atoms with Crippen LogP contribution in [0.1, 0.15) is 23.9 Å². The number of hydrogen-bond donors (Lipinski definition) is 3. The van der Waals surface area contributed by atoms with Crippen LogP contribution in [-0.4, -0.2) is 58.8 Å². The predicted molar refractivity (Wildman–Crippen MR) is 106 cm³/mol. The molecule has 1 aromatic heterocycles. The lowest BCUT2D eigenvalue weighted by Gasteiger charge is -2.15. The Kier molecular flexibility index (Phi) is 8.13. The summed E-state index contributed by atoms with van der Waals surface area (Å²) in [5, 5.41) is 13.2. The highest BCUT2D eigenvalue weighted by Crippen LogP contribution is 2.12. The van der Waals surface area contributed by atoms with Gasteiger partial charge in [0, 0.05) is 37.9 Å². The molecule has 9 nitrogen and oxygen atoms in total. The van der Waals surface area contributed by atoms with Gasteiger partial charge >= 0.3 is 6.03 Å². The number of carbonyl (C=O) groups is 2. The molecule has 1 aliphatic heterocycles. The van der Waals surface area contributed by atoms with Gasteiger partial charge in [-0.05, 0) is 20.8 Å². The van der Waals surface area contributed by atoms with E-state index in [-0.39, 0.29) is 42.5 Å². The van der Waals surface area contributed by atoms with Gasteiger partial charge in [-0.2, -0.15) is 5.10 Å². The van der Waals surface area contributed by atoms with E-state index in [2.05, 4.69) is 26.0 Å². The van der Waals surface area contributed by atoms with Crippen molar-refractivity contribution in [3.05, 3.63) is 17.0 Å². The van der Waals surface area contributed by atoms with Crippen LogP contribution in [-0.2, 0) is 18.4 Å². The Labute approximate surface area is 164 Å². The topological polar surface area (TPSA) is 104 Å². The van der Waals surface area contributed by atoms with Crippen molar-refractivity contribution in [1.29, 1.82) is 0 Å². The molecule has 0 radical (unpaired) electrons. The molecule has 3 amide bonds. The van der Waals surface area contributed by atoms with Crippen LogP contribution in [0.15, 0.2) is 4.99 Å². The number of amides is 3. The zero-order valence-electron chi connectivity index (χ0n) is 15.0. The number of nitrogens with one attached hydrogen (secondary N) is 3. The number of rotatable bonds is 6. The summed E-state index contributed by atoms with van der Waals surface area (Å²) >= 11 is 0. The molecular formula is C15H26IN7O2. The van der Waals surface area contributed by atoms with Crippen LogP contribution in [0.4, 0.5) is 4.79 Å². The van der Waals surface area contributed by atoms with E-state index in [1.54, 1.807) is 0 Å². The van der Waals surface area contributed by atoms with Gasteiger partial charge in [-0.1, -0.05) is 0 Å².